The van der Waals surface area contributed by atoms with Crippen molar-refractivity contribution in [3.63, 3.8) is 0 Å². The molecular formula is C24H32N2O4. The van der Waals surface area contributed by atoms with Crippen molar-refractivity contribution in [1.82, 2.24) is 10.6 Å². The second-order valence-electron chi connectivity index (χ2n) is 7.71. The van der Waals surface area contributed by atoms with Gasteiger partial charge in [-0.2, -0.15) is 0 Å². The molecule has 0 radical (unpaired) electrons. The number of alkyl carbamates (subject to hydrolysis) is 1. The fourth-order valence-electron chi connectivity index (χ4n) is 3.21. The van der Waals surface area contributed by atoms with Crippen LogP contribution in [0.2, 0.25) is 0 Å². The van der Waals surface area contributed by atoms with Gasteiger partial charge in [0.05, 0.1) is 7.11 Å². The van der Waals surface area contributed by atoms with Gasteiger partial charge < -0.3 is 20.1 Å². The maximum Gasteiger partial charge on any atom is 0.407 e. The number of nitrogens with one attached hydrogen (secondary N) is 2. The van der Waals surface area contributed by atoms with Crippen LogP contribution in [0.1, 0.15) is 31.4 Å². The van der Waals surface area contributed by atoms with Gasteiger partial charge >= 0.3 is 12.1 Å². The number of ether oxygens (including phenoxy) is 2. The van der Waals surface area contributed by atoms with E-state index in [9.17, 15) is 9.59 Å². The van der Waals surface area contributed by atoms with E-state index in [1.165, 1.54) is 7.11 Å². The van der Waals surface area contributed by atoms with Crippen LogP contribution in [0.25, 0.3) is 0 Å². The molecule has 0 aliphatic heterocycles. The number of methoxy groups -OCH3 is 1. The summed E-state index contributed by atoms with van der Waals surface area (Å²) in [6, 6.07) is 18.6. The molecule has 30 heavy (non-hydrogen) atoms. The van der Waals surface area contributed by atoms with Gasteiger partial charge in [0, 0.05) is 12.6 Å². The Hall–Kier alpha value is -2.86. The molecule has 6 heteroatoms. The molecule has 162 valence electrons. The molecule has 2 atom stereocenters. The van der Waals surface area contributed by atoms with E-state index in [-0.39, 0.29) is 18.6 Å². The summed E-state index contributed by atoms with van der Waals surface area (Å²) in [5, 5.41) is 6.18. The lowest BCUT2D eigenvalue weighted by molar-refractivity contribution is -0.143. The monoisotopic (exact) mass is 412 g/mol. The summed E-state index contributed by atoms with van der Waals surface area (Å²) in [7, 11) is 1.38. The number of hydrogen-bond donors (Lipinski definition) is 2. The Morgan fingerprint density at radius 1 is 0.933 bits per heavy atom. The number of carbonyl (C=O) groups excluding carboxylic acids is 2. The van der Waals surface area contributed by atoms with Gasteiger partial charge in [-0.3, -0.25) is 4.79 Å². The second-order valence-corrected chi connectivity index (χ2v) is 7.71. The van der Waals surface area contributed by atoms with Crippen LogP contribution in [0.15, 0.2) is 60.7 Å². The van der Waals surface area contributed by atoms with Crippen LogP contribution in [0, 0.1) is 5.92 Å². The van der Waals surface area contributed by atoms with Crippen LogP contribution >= 0.6 is 0 Å². The predicted octanol–water partition coefficient (Wildman–Crippen LogP) is 3.70. The van der Waals surface area contributed by atoms with Crippen LogP contribution in [0.4, 0.5) is 4.79 Å². The van der Waals surface area contributed by atoms with Crippen LogP contribution in [-0.2, 0) is 27.3 Å². The molecule has 0 spiro atoms. The van der Waals surface area contributed by atoms with Crippen LogP contribution < -0.4 is 10.6 Å². The minimum absolute atomic E-state index is 0.170. The zero-order valence-corrected chi connectivity index (χ0v) is 18.0. The fraction of sp³-hybridized carbons (Fsp3) is 0.417. The molecule has 0 bridgehead atoms. The minimum Gasteiger partial charge on any atom is -0.468 e. The summed E-state index contributed by atoms with van der Waals surface area (Å²) < 4.78 is 10.3. The Kier molecular flexibility index (Phi) is 9.87. The van der Waals surface area contributed by atoms with E-state index >= 15 is 0 Å². The zero-order valence-electron chi connectivity index (χ0n) is 18.0. The summed E-state index contributed by atoms with van der Waals surface area (Å²) in [4.78, 5) is 24.5. The Morgan fingerprint density at radius 3 is 2.10 bits per heavy atom. The third kappa shape index (κ3) is 8.66. The second kappa shape index (κ2) is 12.6. The molecule has 2 rings (SSSR count). The molecule has 0 aromatic heterocycles. The van der Waals surface area contributed by atoms with Crippen LogP contribution in [0.5, 0.6) is 0 Å². The largest absolute Gasteiger partial charge is 0.468 e. The molecular weight excluding hydrogens is 380 g/mol. The SMILES string of the molecule is COC(=O)[C@H](Cc1ccccc1)NC[C@H](CC(C)C)NC(=O)OCc1ccccc1. The Bertz CT molecular complexity index is 765. The van der Waals surface area contributed by atoms with Gasteiger partial charge in [0.15, 0.2) is 0 Å². The van der Waals surface area contributed by atoms with E-state index < -0.39 is 12.1 Å². The van der Waals surface area contributed by atoms with Crippen molar-refractivity contribution in [2.75, 3.05) is 13.7 Å². The van der Waals surface area contributed by atoms with Crippen molar-refractivity contribution in [3.05, 3.63) is 71.8 Å². The lowest BCUT2D eigenvalue weighted by Crippen LogP contribution is -2.48. The van der Waals surface area contributed by atoms with Crippen molar-refractivity contribution in [1.29, 1.82) is 0 Å². The highest BCUT2D eigenvalue weighted by Crippen LogP contribution is 2.08. The summed E-state index contributed by atoms with van der Waals surface area (Å²) in [6.45, 7) is 4.83. The molecule has 0 fully saturated rings. The van der Waals surface area contributed by atoms with E-state index in [1.54, 1.807) is 0 Å². The molecule has 0 heterocycles. The number of hydrogen-bond acceptors (Lipinski definition) is 5. The highest BCUT2D eigenvalue weighted by Gasteiger charge is 2.22. The molecule has 0 aliphatic carbocycles. The van der Waals surface area contributed by atoms with Gasteiger partial charge in [-0.05, 0) is 29.9 Å². The lowest BCUT2D eigenvalue weighted by atomic mass is 10.0. The normalized spacial score (nSPS) is 12.8. The Balaban J connectivity index is 1.92. The van der Waals surface area contributed by atoms with E-state index in [2.05, 4.69) is 24.5 Å². The average molecular weight is 413 g/mol. The van der Waals surface area contributed by atoms with Crippen molar-refractivity contribution < 1.29 is 19.1 Å². The van der Waals surface area contributed by atoms with Gasteiger partial charge in [-0.1, -0.05) is 74.5 Å². The van der Waals surface area contributed by atoms with E-state index in [1.807, 2.05) is 60.7 Å². The summed E-state index contributed by atoms with van der Waals surface area (Å²) in [5.41, 5.74) is 1.97. The van der Waals surface area contributed by atoms with E-state index in [4.69, 9.17) is 9.47 Å². The number of benzene rings is 2. The summed E-state index contributed by atoms with van der Waals surface area (Å²) >= 11 is 0. The van der Waals surface area contributed by atoms with Gasteiger partial charge in [-0.15, -0.1) is 0 Å². The summed E-state index contributed by atoms with van der Waals surface area (Å²) in [5.74, 6) is 0.0470. The Morgan fingerprint density at radius 2 is 1.53 bits per heavy atom. The first-order valence-corrected chi connectivity index (χ1v) is 10.3. The van der Waals surface area contributed by atoms with Gasteiger partial charge in [-0.25, -0.2) is 4.79 Å². The average Bonchev–Trinajstić information content (AvgIpc) is 2.75. The van der Waals surface area contributed by atoms with Crippen molar-refractivity contribution >= 4 is 12.1 Å². The number of carbonyl (C=O) groups is 2. The topological polar surface area (TPSA) is 76.7 Å². The molecule has 6 nitrogen and oxygen atoms in total. The first-order chi connectivity index (χ1) is 14.5. The summed E-state index contributed by atoms with van der Waals surface area (Å²) in [6.07, 6.45) is 0.802. The Labute approximate surface area is 179 Å². The minimum atomic E-state index is -0.491. The third-order valence-electron chi connectivity index (χ3n) is 4.67. The predicted molar refractivity (Wildman–Crippen MR) is 117 cm³/mol. The molecule has 0 unspecified atom stereocenters. The first-order valence-electron chi connectivity index (χ1n) is 10.3. The maximum absolute atomic E-state index is 12.3. The van der Waals surface area contributed by atoms with Crippen LogP contribution in [-0.4, -0.2) is 37.8 Å². The molecule has 0 saturated carbocycles. The maximum atomic E-state index is 12.3. The highest BCUT2D eigenvalue weighted by molar-refractivity contribution is 5.76. The third-order valence-corrected chi connectivity index (χ3v) is 4.67. The molecule has 0 aliphatic rings. The highest BCUT2D eigenvalue weighted by atomic mass is 16.5. The van der Waals surface area contributed by atoms with E-state index in [0.29, 0.717) is 18.9 Å². The van der Waals surface area contributed by atoms with E-state index in [0.717, 1.165) is 17.5 Å². The van der Waals surface area contributed by atoms with Crippen LogP contribution in [0.3, 0.4) is 0 Å². The standard InChI is InChI=1S/C24H32N2O4/c1-18(2)14-21(26-24(28)30-17-20-12-8-5-9-13-20)16-25-22(23(27)29-3)15-19-10-6-4-7-11-19/h4-13,18,21-22,25H,14-17H2,1-3H3,(H,26,28)/t21-,22-/m0/s1. The fourth-order valence-corrected chi connectivity index (χ4v) is 3.21. The number of amides is 1. The first kappa shape index (κ1) is 23.4. The van der Waals surface area contributed by atoms with Gasteiger partial charge in [0.1, 0.15) is 12.6 Å². The van der Waals surface area contributed by atoms with Crippen molar-refractivity contribution in [2.24, 2.45) is 5.92 Å². The zero-order chi connectivity index (χ0) is 21.8. The number of rotatable bonds is 11. The molecule has 2 N–H and O–H groups in total. The van der Waals surface area contributed by atoms with Crippen molar-refractivity contribution in [2.45, 2.75) is 45.4 Å². The number of esters is 1. The quantitative estimate of drug-likeness (QED) is 0.551. The lowest BCUT2D eigenvalue weighted by Gasteiger charge is -2.24. The molecule has 1 amide bonds. The smallest absolute Gasteiger partial charge is 0.407 e. The van der Waals surface area contributed by atoms with Gasteiger partial charge in [0.25, 0.3) is 0 Å². The molecule has 2 aromatic rings. The molecule has 0 saturated heterocycles. The van der Waals surface area contributed by atoms with Crippen molar-refractivity contribution in [3.8, 4) is 0 Å². The van der Waals surface area contributed by atoms with Gasteiger partial charge in [0.2, 0.25) is 0 Å². The molecule has 2 aromatic carbocycles.